The van der Waals surface area contributed by atoms with Gasteiger partial charge < -0.3 is 15.2 Å². The molecule has 0 saturated carbocycles. The Morgan fingerprint density at radius 1 is 1.30 bits per heavy atom. The predicted molar refractivity (Wildman–Crippen MR) is 85.9 cm³/mol. The minimum atomic E-state index is 0.109. The van der Waals surface area contributed by atoms with Crippen molar-refractivity contribution in [2.24, 2.45) is 0 Å². The Morgan fingerprint density at radius 2 is 2.05 bits per heavy atom. The molecule has 0 fully saturated rings. The van der Waals surface area contributed by atoms with E-state index in [9.17, 15) is 5.11 Å². The Labute approximate surface area is 131 Å². The second-order valence-corrected chi connectivity index (χ2v) is 5.72. The van der Waals surface area contributed by atoms with Gasteiger partial charge in [-0.1, -0.05) is 27.5 Å². The molecule has 2 aromatic carbocycles. The molecule has 0 heterocycles. The van der Waals surface area contributed by atoms with Crippen LogP contribution < -0.4 is 10.1 Å². The van der Waals surface area contributed by atoms with Gasteiger partial charge in [0.25, 0.3) is 0 Å². The molecule has 0 radical (unpaired) electrons. The maximum atomic E-state index is 10.1. The second kappa shape index (κ2) is 6.37. The molecule has 106 valence electrons. The van der Waals surface area contributed by atoms with Crippen LogP contribution >= 0.6 is 27.5 Å². The fraction of sp³-hybridized carbons (Fsp3) is 0.200. The van der Waals surface area contributed by atoms with Gasteiger partial charge in [-0.3, -0.25) is 0 Å². The Morgan fingerprint density at radius 3 is 2.70 bits per heavy atom. The number of aromatic hydroxyl groups is 1. The van der Waals surface area contributed by atoms with Crippen molar-refractivity contribution in [1.29, 1.82) is 0 Å². The summed E-state index contributed by atoms with van der Waals surface area (Å²) in [4.78, 5) is 0. The minimum Gasteiger partial charge on any atom is -0.504 e. The van der Waals surface area contributed by atoms with Gasteiger partial charge in [-0.25, -0.2) is 0 Å². The highest BCUT2D eigenvalue weighted by molar-refractivity contribution is 9.10. The summed E-state index contributed by atoms with van der Waals surface area (Å²) in [6, 6.07) is 9.29. The van der Waals surface area contributed by atoms with E-state index in [4.69, 9.17) is 16.3 Å². The molecule has 0 aliphatic carbocycles. The third kappa shape index (κ3) is 3.38. The highest BCUT2D eigenvalue weighted by Gasteiger charge is 2.10. The normalized spacial score (nSPS) is 10.4. The molecule has 0 bridgehead atoms. The number of aryl methyl sites for hydroxylation is 1. The number of methoxy groups -OCH3 is 1. The summed E-state index contributed by atoms with van der Waals surface area (Å²) in [7, 11) is 1.50. The first-order chi connectivity index (χ1) is 9.51. The van der Waals surface area contributed by atoms with E-state index in [0.29, 0.717) is 22.9 Å². The lowest BCUT2D eigenvalue weighted by Gasteiger charge is -2.12. The van der Waals surface area contributed by atoms with Crippen molar-refractivity contribution in [3.05, 3.63) is 51.0 Å². The summed E-state index contributed by atoms with van der Waals surface area (Å²) in [5.74, 6) is 0.486. The number of phenolic OH excluding ortho intramolecular Hbond substituents is 1. The Kier molecular flexibility index (Phi) is 4.78. The number of hydrogen-bond donors (Lipinski definition) is 2. The standard InChI is InChI=1S/C15H15BrClNO2/c1-9-5-12(3-4-13(9)16)18-8-10-6-11(17)7-14(20-2)15(10)19/h3-7,18-19H,8H2,1-2H3. The number of nitrogens with one attached hydrogen (secondary N) is 1. The average molecular weight is 357 g/mol. The van der Waals surface area contributed by atoms with Gasteiger partial charge in [-0.05, 0) is 36.8 Å². The zero-order valence-corrected chi connectivity index (χ0v) is 13.5. The van der Waals surface area contributed by atoms with Crippen molar-refractivity contribution < 1.29 is 9.84 Å². The fourth-order valence-electron chi connectivity index (χ4n) is 1.87. The van der Waals surface area contributed by atoms with Crippen molar-refractivity contribution in [3.8, 4) is 11.5 Å². The van der Waals surface area contributed by atoms with Gasteiger partial charge in [-0.2, -0.15) is 0 Å². The monoisotopic (exact) mass is 355 g/mol. The minimum absolute atomic E-state index is 0.109. The van der Waals surface area contributed by atoms with Crippen LogP contribution in [-0.2, 0) is 6.54 Å². The number of hydrogen-bond acceptors (Lipinski definition) is 3. The lowest BCUT2D eigenvalue weighted by Crippen LogP contribution is -2.01. The second-order valence-electron chi connectivity index (χ2n) is 4.43. The summed E-state index contributed by atoms with van der Waals surface area (Å²) < 4.78 is 6.15. The maximum absolute atomic E-state index is 10.1. The molecule has 20 heavy (non-hydrogen) atoms. The number of halogens is 2. The average Bonchev–Trinajstić information content (AvgIpc) is 2.43. The van der Waals surface area contributed by atoms with E-state index < -0.39 is 0 Å². The summed E-state index contributed by atoms with van der Waals surface area (Å²) in [6.45, 7) is 2.49. The largest absolute Gasteiger partial charge is 0.504 e. The van der Waals surface area contributed by atoms with Crippen molar-refractivity contribution in [2.45, 2.75) is 13.5 Å². The van der Waals surface area contributed by atoms with Crippen LogP contribution in [0.3, 0.4) is 0 Å². The van der Waals surface area contributed by atoms with E-state index >= 15 is 0 Å². The highest BCUT2D eigenvalue weighted by atomic mass is 79.9. The molecule has 0 saturated heterocycles. The van der Waals surface area contributed by atoms with Crippen LogP contribution in [0.15, 0.2) is 34.8 Å². The summed E-state index contributed by atoms with van der Waals surface area (Å²) >= 11 is 9.47. The van der Waals surface area contributed by atoms with Gasteiger partial charge in [0.2, 0.25) is 0 Å². The smallest absolute Gasteiger partial charge is 0.162 e. The quantitative estimate of drug-likeness (QED) is 0.831. The zero-order chi connectivity index (χ0) is 14.7. The molecule has 0 amide bonds. The van der Waals surface area contributed by atoms with E-state index in [1.807, 2.05) is 25.1 Å². The van der Waals surface area contributed by atoms with E-state index in [0.717, 1.165) is 15.7 Å². The van der Waals surface area contributed by atoms with E-state index in [1.165, 1.54) is 7.11 Å². The first-order valence-corrected chi connectivity index (χ1v) is 7.23. The third-order valence-corrected chi connectivity index (χ3v) is 4.09. The van der Waals surface area contributed by atoms with Gasteiger partial charge in [0.1, 0.15) is 0 Å². The summed E-state index contributed by atoms with van der Waals surface area (Å²) in [5, 5.41) is 13.8. The van der Waals surface area contributed by atoms with Gasteiger partial charge in [0.15, 0.2) is 11.5 Å². The van der Waals surface area contributed by atoms with Crippen molar-refractivity contribution in [3.63, 3.8) is 0 Å². The number of phenols is 1. The molecule has 0 aliphatic heterocycles. The lowest BCUT2D eigenvalue weighted by atomic mass is 10.1. The van der Waals surface area contributed by atoms with Crippen molar-refractivity contribution in [2.75, 3.05) is 12.4 Å². The molecular weight excluding hydrogens is 342 g/mol. The van der Waals surface area contributed by atoms with Gasteiger partial charge in [0.05, 0.1) is 7.11 Å². The molecule has 2 aromatic rings. The first kappa shape index (κ1) is 15.0. The van der Waals surface area contributed by atoms with E-state index in [2.05, 4.69) is 21.2 Å². The van der Waals surface area contributed by atoms with E-state index in [-0.39, 0.29) is 5.75 Å². The maximum Gasteiger partial charge on any atom is 0.162 e. The molecule has 5 heteroatoms. The Hall–Kier alpha value is -1.39. The molecule has 2 N–H and O–H groups in total. The first-order valence-electron chi connectivity index (χ1n) is 6.06. The van der Waals surface area contributed by atoms with E-state index in [1.54, 1.807) is 12.1 Å². The topological polar surface area (TPSA) is 41.5 Å². The van der Waals surface area contributed by atoms with Crippen LogP contribution in [0.5, 0.6) is 11.5 Å². The van der Waals surface area contributed by atoms with Gasteiger partial charge >= 0.3 is 0 Å². The van der Waals surface area contributed by atoms with Crippen LogP contribution in [0.2, 0.25) is 5.02 Å². The Bertz CT molecular complexity index is 632. The van der Waals surface area contributed by atoms with Crippen LogP contribution in [-0.4, -0.2) is 12.2 Å². The molecule has 0 aliphatic rings. The van der Waals surface area contributed by atoms with Crippen molar-refractivity contribution in [1.82, 2.24) is 0 Å². The van der Waals surface area contributed by atoms with Crippen LogP contribution in [0.4, 0.5) is 5.69 Å². The molecule has 0 aromatic heterocycles. The SMILES string of the molecule is COc1cc(Cl)cc(CNc2ccc(Br)c(C)c2)c1O. The highest BCUT2D eigenvalue weighted by Crippen LogP contribution is 2.34. The van der Waals surface area contributed by atoms with Gasteiger partial charge in [0, 0.05) is 33.4 Å². The van der Waals surface area contributed by atoms with Crippen LogP contribution in [0.25, 0.3) is 0 Å². The van der Waals surface area contributed by atoms with Crippen LogP contribution in [0.1, 0.15) is 11.1 Å². The number of ether oxygens (including phenoxy) is 1. The Balaban J connectivity index is 2.18. The molecule has 0 spiro atoms. The van der Waals surface area contributed by atoms with Crippen molar-refractivity contribution >= 4 is 33.2 Å². The zero-order valence-electron chi connectivity index (χ0n) is 11.2. The molecule has 3 nitrogen and oxygen atoms in total. The summed E-state index contributed by atoms with van der Waals surface area (Å²) in [5.41, 5.74) is 2.81. The van der Waals surface area contributed by atoms with Crippen LogP contribution in [0, 0.1) is 6.92 Å². The molecule has 2 rings (SSSR count). The van der Waals surface area contributed by atoms with Gasteiger partial charge in [-0.15, -0.1) is 0 Å². The number of rotatable bonds is 4. The molecule has 0 atom stereocenters. The summed E-state index contributed by atoms with van der Waals surface area (Å²) in [6.07, 6.45) is 0. The fourth-order valence-corrected chi connectivity index (χ4v) is 2.35. The number of anilines is 1. The lowest BCUT2D eigenvalue weighted by molar-refractivity contribution is 0.371. The third-order valence-electron chi connectivity index (χ3n) is 2.98. The molecule has 0 unspecified atom stereocenters. The molecular formula is C15H15BrClNO2. The number of benzene rings is 2. The predicted octanol–water partition coefficient (Wildman–Crippen LogP) is 4.74.